The fourth-order valence-electron chi connectivity index (χ4n) is 2.66. The molecule has 1 atom stereocenters. The summed E-state index contributed by atoms with van der Waals surface area (Å²) in [5, 5.41) is 3.13. The molecule has 0 aromatic heterocycles. The Balaban J connectivity index is 1.84. The summed E-state index contributed by atoms with van der Waals surface area (Å²) >= 11 is 0. The summed E-state index contributed by atoms with van der Waals surface area (Å²) in [7, 11) is 0. The van der Waals surface area contributed by atoms with Gasteiger partial charge < -0.3 is 11.1 Å². The molecule has 1 aromatic carbocycles. The monoisotopic (exact) mass is 275 g/mol. The smallest absolute Gasteiger partial charge is 0.234 e. The third kappa shape index (κ3) is 4.32. The van der Waals surface area contributed by atoms with Crippen LogP contribution in [0.25, 0.3) is 0 Å². The van der Waals surface area contributed by atoms with Crippen LogP contribution in [0.4, 0.5) is 0 Å². The predicted octanol–water partition coefficient (Wildman–Crippen LogP) is 1.68. The van der Waals surface area contributed by atoms with Gasteiger partial charge in [0.05, 0.1) is 12.6 Å². The van der Waals surface area contributed by atoms with Crippen molar-refractivity contribution < 1.29 is 4.79 Å². The molecule has 1 heterocycles. The molecule has 4 nitrogen and oxygen atoms in total. The van der Waals surface area contributed by atoms with Crippen LogP contribution in [-0.4, -0.2) is 36.5 Å². The highest BCUT2D eigenvalue weighted by atomic mass is 16.2. The first-order chi connectivity index (χ1) is 9.69. The minimum atomic E-state index is 0.107. The molecule has 1 unspecified atom stereocenters. The maximum absolute atomic E-state index is 12.2. The average molecular weight is 275 g/mol. The number of carbonyl (C=O) groups excluding carboxylic acids is 1. The van der Waals surface area contributed by atoms with Crippen molar-refractivity contribution in [2.75, 3.05) is 19.6 Å². The fourth-order valence-corrected chi connectivity index (χ4v) is 2.66. The minimum Gasteiger partial charge on any atom is -0.348 e. The van der Waals surface area contributed by atoms with Gasteiger partial charge in [-0.2, -0.15) is 0 Å². The SMILES string of the molecule is CCC(NC(=O)CN1CCC(N)CC1)c1ccccc1. The molecule has 2 rings (SSSR count). The second-order valence-corrected chi connectivity index (χ2v) is 5.55. The molecule has 4 heteroatoms. The van der Waals surface area contributed by atoms with Gasteiger partial charge in [-0.15, -0.1) is 0 Å². The van der Waals surface area contributed by atoms with E-state index in [9.17, 15) is 4.79 Å². The summed E-state index contributed by atoms with van der Waals surface area (Å²) < 4.78 is 0. The van der Waals surface area contributed by atoms with Crippen LogP contribution in [0.15, 0.2) is 30.3 Å². The predicted molar refractivity (Wildman–Crippen MR) is 81.3 cm³/mol. The van der Waals surface area contributed by atoms with E-state index in [-0.39, 0.29) is 11.9 Å². The summed E-state index contributed by atoms with van der Waals surface area (Å²) in [6.07, 6.45) is 2.88. The number of benzene rings is 1. The topological polar surface area (TPSA) is 58.4 Å². The number of nitrogens with two attached hydrogens (primary N) is 1. The Bertz CT molecular complexity index is 413. The van der Waals surface area contributed by atoms with E-state index < -0.39 is 0 Å². The van der Waals surface area contributed by atoms with Crippen molar-refractivity contribution in [3.63, 3.8) is 0 Å². The maximum atomic E-state index is 12.2. The fraction of sp³-hybridized carbons (Fsp3) is 0.562. The summed E-state index contributed by atoms with van der Waals surface area (Å²) in [5.74, 6) is 0.108. The zero-order valence-electron chi connectivity index (χ0n) is 12.2. The highest BCUT2D eigenvalue weighted by molar-refractivity contribution is 5.78. The van der Waals surface area contributed by atoms with Crippen molar-refractivity contribution in [1.82, 2.24) is 10.2 Å². The normalized spacial score (nSPS) is 18.7. The second kappa shape index (κ2) is 7.41. The van der Waals surface area contributed by atoms with E-state index >= 15 is 0 Å². The molecule has 1 saturated heterocycles. The quantitative estimate of drug-likeness (QED) is 0.859. The maximum Gasteiger partial charge on any atom is 0.234 e. The number of likely N-dealkylation sites (tertiary alicyclic amines) is 1. The number of amides is 1. The molecule has 0 radical (unpaired) electrons. The van der Waals surface area contributed by atoms with Crippen LogP contribution in [-0.2, 0) is 4.79 Å². The van der Waals surface area contributed by atoms with Gasteiger partial charge in [-0.25, -0.2) is 0 Å². The number of carbonyl (C=O) groups is 1. The Morgan fingerprint density at radius 3 is 2.60 bits per heavy atom. The van der Waals surface area contributed by atoms with Gasteiger partial charge in [0.1, 0.15) is 0 Å². The second-order valence-electron chi connectivity index (χ2n) is 5.55. The minimum absolute atomic E-state index is 0.107. The number of nitrogens with zero attached hydrogens (tertiary/aromatic N) is 1. The molecular formula is C16H25N3O. The van der Waals surface area contributed by atoms with Crippen LogP contribution in [0.3, 0.4) is 0 Å². The van der Waals surface area contributed by atoms with Gasteiger partial charge in [0.25, 0.3) is 0 Å². The molecule has 0 aliphatic carbocycles. The lowest BCUT2D eigenvalue weighted by atomic mass is 10.0. The highest BCUT2D eigenvalue weighted by Gasteiger charge is 2.19. The third-order valence-electron chi connectivity index (χ3n) is 3.94. The number of rotatable bonds is 5. The van der Waals surface area contributed by atoms with Crippen molar-refractivity contribution in [3.8, 4) is 0 Å². The molecule has 0 saturated carbocycles. The van der Waals surface area contributed by atoms with E-state index in [0.29, 0.717) is 12.6 Å². The highest BCUT2D eigenvalue weighted by Crippen LogP contribution is 2.16. The lowest BCUT2D eigenvalue weighted by Gasteiger charge is -2.30. The van der Waals surface area contributed by atoms with Crippen molar-refractivity contribution in [1.29, 1.82) is 0 Å². The first-order valence-electron chi connectivity index (χ1n) is 7.51. The van der Waals surface area contributed by atoms with Crippen molar-refractivity contribution in [3.05, 3.63) is 35.9 Å². The zero-order chi connectivity index (χ0) is 14.4. The van der Waals surface area contributed by atoms with E-state index in [1.54, 1.807) is 0 Å². The van der Waals surface area contributed by atoms with Crippen molar-refractivity contribution >= 4 is 5.91 Å². The van der Waals surface area contributed by atoms with Crippen molar-refractivity contribution in [2.45, 2.75) is 38.3 Å². The van der Waals surface area contributed by atoms with Gasteiger partial charge in [0, 0.05) is 19.1 Å². The van der Waals surface area contributed by atoms with E-state index in [0.717, 1.165) is 32.4 Å². The molecule has 110 valence electrons. The Kier molecular flexibility index (Phi) is 5.56. The Hall–Kier alpha value is -1.39. The molecule has 20 heavy (non-hydrogen) atoms. The van der Waals surface area contributed by atoms with E-state index in [2.05, 4.69) is 29.3 Å². The van der Waals surface area contributed by atoms with Crippen molar-refractivity contribution in [2.24, 2.45) is 5.73 Å². The Labute approximate surface area is 121 Å². The Morgan fingerprint density at radius 1 is 1.35 bits per heavy atom. The largest absolute Gasteiger partial charge is 0.348 e. The molecular weight excluding hydrogens is 250 g/mol. The molecule has 1 aromatic rings. The molecule has 0 spiro atoms. The van der Waals surface area contributed by atoms with Gasteiger partial charge in [-0.3, -0.25) is 9.69 Å². The van der Waals surface area contributed by atoms with Crippen LogP contribution < -0.4 is 11.1 Å². The van der Waals surface area contributed by atoms with Crippen LogP contribution in [0.2, 0.25) is 0 Å². The molecule has 1 aliphatic rings. The summed E-state index contributed by atoms with van der Waals surface area (Å²) in [6.45, 7) is 4.43. The average Bonchev–Trinajstić information content (AvgIpc) is 2.48. The van der Waals surface area contributed by atoms with Crippen LogP contribution in [0.5, 0.6) is 0 Å². The molecule has 1 aliphatic heterocycles. The summed E-state index contributed by atoms with van der Waals surface area (Å²) in [5.41, 5.74) is 7.05. The number of nitrogens with one attached hydrogen (secondary N) is 1. The lowest BCUT2D eigenvalue weighted by molar-refractivity contribution is -0.123. The van der Waals surface area contributed by atoms with Gasteiger partial charge in [0.15, 0.2) is 0 Å². The molecule has 0 bridgehead atoms. The lowest BCUT2D eigenvalue weighted by Crippen LogP contribution is -2.45. The first-order valence-corrected chi connectivity index (χ1v) is 7.51. The van der Waals surface area contributed by atoms with E-state index in [1.807, 2.05) is 18.2 Å². The van der Waals surface area contributed by atoms with Crippen LogP contribution in [0.1, 0.15) is 37.8 Å². The van der Waals surface area contributed by atoms with Gasteiger partial charge in [-0.1, -0.05) is 37.3 Å². The van der Waals surface area contributed by atoms with E-state index in [4.69, 9.17) is 5.73 Å². The van der Waals surface area contributed by atoms with Crippen LogP contribution >= 0.6 is 0 Å². The first kappa shape index (κ1) is 15.0. The third-order valence-corrected chi connectivity index (χ3v) is 3.94. The molecule has 3 N–H and O–H groups in total. The zero-order valence-corrected chi connectivity index (χ0v) is 12.2. The summed E-state index contributed by atoms with van der Waals surface area (Å²) in [6, 6.07) is 10.6. The molecule has 1 fully saturated rings. The summed E-state index contributed by atoms with van der Waals surface area (Å²) in [4.78, 5) is 14.3. The van der Waals surface area contributed by atoms with Gasteiger partial charge >= 0.3 is 0 Å². The number of piperidine rings is 1. The number of hydrogen-bond acceptors (Lipinski definition) is 3. The Morgan fingerprint density at radius 2 is 2.00 bits per heavy atom. The standard InChI is InChI=1S/C16H25N3O/c1-2-15(13-6-4-3-5-7-13)18-16(20)12-19-10-8-14(17)9-11-19/h3-7,14-15H,2,8-12,17H2,1H3,(H,18,20). The van der Waals surface area contributed by atoms with Gasteiger partial charge in [-0.05, 0) is 24.8 Å². The van der Waals surface area contributed by atoms with Gasteiger partial charge in [0.2, 0.25) is 5.91 Å². The van der Waals surface area contributed by atoms with E-state index in [1.165, 1.54) is 5.56 Å². The number of hydrogen-bond donors (Lipinski definition) is 2. The molecule has 1 amide bonds. The van der Waals surface area contributed by atoms with Crippen LogP contribution in [0, 0.1) is 0 Å².